The van der Waals surface area contributed by atoms with Crippen molar-refractivity contribution in [3.8, 4) is 0 Å². The summed E-state index contributed by atoms with van der Waals surface area (Å²) in [5.41, 5.74) is 0. The van der Waals surface area contributed by atoms with Gasteiger partial charge in [-0.05, 0) is 0 Å². The van der Waals surface area contributed by atoms with E-state index in [1.807, 2.05) is 0 Å². The molecule has 0 aromatic heterocycles. The van der Waals surface area contributed by atoms with Crippen LogP contribution < -0.4 is 15.3 Å². The molecule has 0 aliphatic heterocycles. The van der Waals surface area contributed by atoms with Crippen LogP contribution in [0.4, 0.5) is 0 Å². The van der Waals surface area contributed by atoms with E-state index in [2.05, 4.69) is 0 Å². The quantitative estimate of drug-likeness (QED) is 0.221. The summed E-state index contributed by atoms with van der Waals surface area (Å²) in [5, 5.41) is 28.6. The zero-order valence-corrected chi connectivity index (χ0v) is 22.8. The van der Waals surface area contributed by atoms with Crippen molar-refractivity contribution in [3.63, 3.8) is 0 Å². The Morgan fingerprint density at radius 2 is 0.448 bits per heavy atom. The average molecular weight is 517 g/mol. The first-order chi connectivity index (χ1) is 11.2. The first-order valence-corrected chi connectivity index (χ1v) is 12.3. The molecule has 0 bridgehead atoms. The molecule has 0 aliphatic rings. The average Bonchev–Trinajstić information content (AvgIpc) is 2.01. The number of hydrogen-bond acceptors (Lipinski definition) is 12. The molecule has 0 fully saturated rings. The molecule has 174 valence electrons. The van der Waals surface area contributed by atoms with E-state index in [1.54, 1.807) is 41.5 Å². The third kappa shape index (κ3) is 44800. The van der Waals surface area contributed by atoms with Gasteiger partial charge in [0.05, 0.1) is 30.4 Å². The SMILES string of the molecule is CC(C)[O-].CC(C)[O-].CC(C)[O-].CS(=O)(=O)[O-].CS(=O)(=O)[O-].CS(=O)(=O)[O-].[Al+3].[Al+3]. The maximum absolute atomic E-state index is 9.53. The van der Waals surface area contributed by atoms with E-state index < -0.39 is 48.7 Å². The van der Waals surface area contributed by atoms with Gasteiger partial charge in [0.25, 0.3) is 0 Å². The van der Waals surface area contributed by atoms with Crippen LogP contribution in [0.1, 0.15) is 41.5 Å². The molecule has 0 radical (unpaired) electrons. The van der Waals surface area contributed by atoms with Crippen LogP contribution in [0.5, 0.6) is 0 Å². The molecule has 0 rings (SSSR count). The van der Waals surface area contributed by atoms with Crippen molar-refractivity contribution in [1.82, 2.24) is 0 Å². The molecular formula is C12H30Al2O12S3. The van der Waals surface area contributed by atoms with E-state index in [9.17, 15) is 15.3 Å². The van der Waals surface area contributed by atoms with Crippen molar-refractivity contribution in [2.24, 2.45) is 0 Å². The summed E-state index contributed by atoms with van der Waals surface area (Å²) in [6, 6.07) is 0. The molecule has 0 atom stereocenters. The van der Waals surface area contributed by atoms with E-state index in [0.717, 1.165) is 0 Å². The van der Waals surface area contributed by atoms with Crippen LogP contribution >= 0.6 is 0 Å². The summed E-state index contributed by atoms with van der Waals surface area (Å²) < 4.78 is 81.7. The van der Waals surface area contributed by atoms with E-state index in [0.29, 0.717) is 18.8 Å². The monoisotopic (exact) mass is 516 g/mol. The van der Waals surface area contributed by atoms with Crippen LogP contribution in [-0.2, 0) is 30.4 Å². The van der Waals surface area contributed by atoms with Crippen LogP contribution in [0.2, 0.25) is 0 Å². The number of hydrogen-bond donors (Lipinski definition) is 0. The molecule has 0 saturated heterocycles. The third-order valence-electron chi connectivity index (χ3n) is 0. The summed E-state index contributed by atoms with van der Waals surface area (Å²) >= 11 is 0. The first kappa shape index (κ1) is 51.9. The molecule has 0 N–H and O–H groups in total. The first-order valence-electron chi connectivity index (χ1n) is 6.90. The molecule has 0 amide bonds. The molecule has 0 unspecified atom stereocenters. The molecular weight excluding hydrogens is 486 g/mol. The minimum Gasteiger partial charge on any atom is -0.852 e. The Morgan fingerprint density at radius 3 is 0.448 bits per heavy atom. The molecule has 17 heteroatoms. The van der Waals surface area contributed by atoms with Gasteiger partial charge in [-0.1, -0.05) is 41.5 Å². The van der Waals surface area contributed by atoms with Gasteiger partial charge in [0.15, 0.2) is 0 Å². The topological polar surface area (TPSA) is 241 Å². The Bertz CT molecular complexity index is 468. The Morgan fingerprint density at radius 1 is 0.448 bits per heavy atom. The largest absolute Gasteiger partial charge is 3.00 e. The van der Waals surface area contributed by atoms with Crippen LogP contribution in [-0.4, -0.2) is 111 Å². The minimum absolute atomic E-state index is 0. The fourth-order valence-electron chi connectivity index (χ4n) is 0. The fourth-order valence-corrected chi connectivity index (χ4v) is 0. The standard InChI is InChI=1S/3C3H7O.3CH4O3S.2Al/c3*1-3(2)4;3*1-5(2,3)4;;/h3*3H,1-2H3;3*1H3,(H,2,3,4);;/q3*-1;;;;2*+3/p-3. The van der Waals surface area contributed by atoms with Crippen molar-refractivity contribution in [3.05, 3.63) is 0 Å². The van der Waals surface area contributed by atoms with Crippen LogP contribution in [0.25, 0.3) is 0 Å². The normalized spacial score (nSPS) is 9.72. The van der Waals surface area contributed by atoms with Gasteiger partial charge >= 0.3 is 34.7 Å². The predicted octanol–water partition coefficient (Wildman–Crippen LogP) is -4.01. The van der Waals surface area contributed by atoms with Gasteiger partial charge < -0.3 is 29.0 Å². The van der Waals surface area contributed by atoms with Crippen molar-refractivity contribution in [2.45, 2.75) is 59.9 Å². The van der Waals surface area contributed by atoms with Crippen LogP contribution in [0.15, 0.2) is 0 Å². The Balaban J connectivity index is -0.0000000301. The van der Waals surface area contributed by atoms with E-state index in [1.165, 1.54) is 0 Å². The molecule has 0 saturated carbocycles. The van der Waals surface area contributed by atoms with Gasteiger partial charge in [-0.15, -0.1) is 18.3 Å². The van der Waals surface area contributed by atoms with E-state index >= 15 is 0 Å². The smallest absolute Gasteiger partial charge is 0.852 e. The maximum atomic E-state index is 9.53. The summed E-state index contributed by atoms with van der Waals surface area (Å²) in [6.07, 6.45) is 0.562. The molecule has 12 nitrogen and oxygen atoms in total. The minimum atomic E-state index is -3.92. The molecule has 29 heavy (non-hydrogen) atoms. The van der Waals surface area contributed by atoms with E-state index in [-0.39, 0.29) is 34.7 Å². The second-order valence-corrected chi connectivity index (χ2v) is 9.48. The van der Waals surface area contributed by atoms with Gasteiger partial charge in [0.1, 0.15) is 0 Å². The predicted molar refractivity (Wildman–Crippen MR) is 104 cm³/mol. The van der Waals surface area contributed by atoms with Crippen LogP contribution in [0, 0.1) is 0 Å². The zero-order chi connectivity index (χ0) is 24.2. The summed E-state index contributed by atoms with van der Waals surface area (Å²) in [5.74, 6) is 0. The van der Waals surface area contributed by atoms with Crippen molar-refractivity contribution in [2.75, 3.05) is 18.8 Å². The van der Waals surface area contributed by atoms with Crippen molar-refractivity contribution in [1.29, 1.82) is 0 Å². The molecule has 0 heterocycles. The Labute approximate surface area is 197 Å². The second kappa shape index (κ2) is 28.7. The zero-order valence-electron chi connectivity index (χ0n) is 18.0. The molecule has 0 spiro atoms. The summed E-state index contributed by atoms with van der Waals surface area (Å²) in [6.45, 7) is 9.67. The second-order valence-electron chi connectivity index (χ2n) is 5.26. The Hall–Kier alpha value is 0.675. The maximum Gasteiger partial charge on any atom is 3.00 e. The third-order valence-corrected chi connectivity index (χ3v) is 0. The summed E-state index contributed by atoms with van der Waals surface area (Å²) in [4.78, 5) is 0. The van der Waals surface area contributed by atoms with Gasteiger partial charge in [-0.2, -0.15) is 0 Å². The molecule has 0 aromatic rings. The van der Waals surface area contributed by atoms with Crippen molar-refractivity contribution < 1.29 is 54.2 Å². The number of rotatable bonds is 0. The van der Waals surface area contributed by atoms with Gasteiger partial charge in [-0.3, -0.25) is 0 Å². The van der Waals surface area contributed by atoms with E-state index in [4.69, 9.17) is 38.9 Å². The van der Waals surface area contributed by atoms with Gasteiger partial charge in [0.2, 0.25) is 0 Å². The van der Waals surface area contributed by atoms with Gasteiger partial charge in [-0.25, -0.2) is 25.3 Å². The Kier molecular flexibility index (Phi) is 51.4. The fraction of sp³-hybridized carbons (Fsp3) is 1.00. The molecule has 0 aromatic carbocycles. The van der Waals surface area contributed by atoms with Crippen LogP contribution in [0.3, 0.4) is 0 Å². The summed E-state index contributed by atoms with van der Waals surface area (Å²) in [7, 11) is -11.8. The molecule has 0 aliphatic carbocycles. The van der Waals surface area contributed by atoms with Crippen molar-refractivity contribution >= 4 is 65.1 Å². The van der Waals surface area contributed by atoms with Gasteiger partial charge in [0, 0.05) is 18.8 Å².